The van der Waals surface area contributed by atoms with Crippen LogP contribution in [0.15, 0.2) is 0 Å². The fourth-order valence-corrected chi connectivity index (χ4v) is 2.94. The van der Waals surface area contributed by atoms with Crippen LogP contribution in [-0.4, -0.2) is 23.3 Å². The summed E-state index contributed by atoms with van der Waals surface area (Å²) in [6.07, 6.45) is 9.18. The molecule has 16 heavy (non-hydrogen) atoms. The Morgan fingerprint density at radius 2 is 1.94 bits per heavy atom. The summed E-state index contributed by atoms with van der Waals surface area (Å²) < 4.78 is 5.25. The van der Waals surface area contributed by atoms with Gasteiger partial charge in [0.15, 0.2) is 0 Å². The lowest BCUT2D eigenvalue weighted by atomic mass is 9.85. The SMILES string of the molecule is O=C1C[C@H](O)CC(CCC2CCCCC2)O1. The van der Waals surface area contributed by atoms with E-state index in [0.717, 1.165) is 18.8 Å². The van der Waals surface area contributed by atoms with E-state index in [1.54, 1.807) is 0 Å². The van der Waals surface area contributed by atoms with E-state index in [9.17, 15) is 9.90 Å². The van der Waals surface area contributed by atoms with Crippen molar-refractivity contribution in [2.45, 2.75) is 70.0 Å². The van der Waals surface area contributed by atoms with Gasteiger partial charge >= 0.3 is 5.97 Å². The first-order valence-corrected chi connectivity index (χ1v) is 6.61. The lowest BCUT2D eigenvalue weighted by Crippen LogP contribution is -2.32. The average Bonchev–Trinajstić information content (AvgIpc) is 2.27. The lowest BCUT2D eigenvalue weighted by Gasteiger charge is -2.28. The standard InChI is InChI=1S/C13H22O3/c14-11-8-12(16-13(15)9-11)7-6-10-4-2-1-3-5-10/h10-12,14H,1-9H2/t11-,12?/m1/s1. The molecule has 2 fully saturated rings. The third-order valence-corrected chi connectivity index (χ3v) is 3.86. The maximum absolute atomic E-state index is 11.2. The zero-order chi connectivity index (χ0) is 11.4. The minimum Gasteiger partial charge on any atom is -0.462 e. The molecule has 2 aliphatic rings. The normalized spacial score (nSPS) is 32.4. The monoisotopic (exact) mass is 226 g/mol. The summed E-state index contributed by atoms with van der Waals surface area (Å²) in [6, 6.07) is 0. The van der Waals surface area contributed by atoms with Gasteiger partial charge in [-0.2, -0.15) is 0 Å². The Morgan fingerprint density at radius 3 is 2.62 bits per heavy atom. The smallest absolute Gasteiger partial charge is 0.308 e. The molecule has 0 bridgehead atoms. The topological polar surface area (TPSA) is 46.5 Å². The summed E-state index contributed by atoms with van der Waals surface area (Å²) in [5, 5.41) is 9.49. The van der Waals surface area contributed by atoms with E-state index in [1.807, 2.05) is 0 Å². The summed E-state index contributed by atoms with van der Waals surface area (Å²) >= 11 is 0. The fraction of sp³-hybridized carbons (Fsp3) is 0.923. The van der Waals surface area contributed by atoms with E-state index in [1.165, 1.54) is 32.1 Å². The number of hydrogen-bond donors (Lipinski definition) is 1. The van der Waals surface area contributed by atoms with Gasteiger partial charge in [0, 0.05) is 6.42 Å². The summed E-state index contributed by atoms with van der Waals surface area (Å²) in [7, 11) is 0. The number of hydrogen-bond acceptors (Lipinski definition) is 3. The van der Waals surface area contributed by atoms with E-state index in [0.29, 0.717) is 6.42 Å². The predicted octanol–water partition coefficient (Wildman–Crippen LogP) is 2.41. The molecule has 3 nitrogen and oxygen atoms in total. The molecule has 0 spiro atoms. The second-order valence-corrected chi connectivity index (χ2v) is 5.29. The van der Waals surface area contributed by atoms with Gasteiger partial charge in [0.05, 0.1) is 12.5 Å². The molecule has 0 aromatic carbocycles. The summed E-state index contributed by atoms with van der Waals surface area (Å²) in [4.78, 5) is 11.2. The molecule has 3 heteroatoms. The maximum Gasteiger partial charge on any atom is 0.308 e. The zero-order valence-corrected chi connectivity index (χ0v) is 9.86. The predicted molar refractivity (Wildman–Crippen MR) is 60.9 cm³/mol. The molecule has 0 aromatic rings. The van der Waals surface area contributed by atoms with Crippen LogP contribution < -0.4 is 0 Å². The number of ether oxygens (including phenoxy) is 1. The molecule has 0 aromatic heterocycles. The quantitative estimate of drug-likeness (QED) is 0.752. The summed E-state index contributed by atoms with van der Waals surface area (Å²) in [5.74, 6) is 0.596. The van der Waals surface area contributed by atoms with Crippen LogP contribution in [0.3, 0.4) is 0 Å². The number of aliphatic hydroxyl groups is 1. The minimum absolute atomic E-state index is 0.0295. The number of esters is 1. The van der Waals surface area contributed by atoms with Crippen molar-refractivity contribution in [1.29, 1.82) is 0 Å². The van der Waals surface area contributed by atoms with Gasteiger partial charge in [-0.3, -0.25) is 4.79 Å². The van der Waals surface area contributed by atoms with Gasteiger partial charge in [0.25, 0.3) is 0 Å². The van der Waals surface area contributed by atoms with Crippen LogP contribution in [0.5, 0.6) is 0 Å². The van der Waals surface area contributed by atoms with E-state index in [2.05, 4.69) is 0 Å². The van der Waals surface area contributed by atoms with Crippen molar-refractivity contribution in [3.05, 3.63) is 0 Å². The van der Waals surface area contributed by atoms with E-state index in [4.69, 9.17) is 4.74 Å². The summed E-state index contributed by atoms with van der Waals surface area (Å²) in [5.41, 5.74) is 0. The van der Waals surface area contributed by atoms with Crippen LogP contribution in [0.4, 0.5) is 0 Å². The van der Waals surface area contributed by atoms with Crippen molar-refractivity contribution in [1.82, 2.24) is 0 Å². The highest BCUT2D eigenvalue weighted by Gasteiger charge is 2.27. The Bertz CT molecular complexity index is 233. The number of cyclic esters (lactones) is 1. The van der Waals surface area contributed by atoms with Crippen LogP contribution in [0.1, 0.15) is 57.8 Å². The molecule has 1 heterocycles. The molecular weight excluding hydrogens is 204 g/mol. The Hall–Kier alpha value is -0.570. The number of rotatable bonds is 3. The van der Waals surface area contributed by atoms with Crippen LogP contribution >= 0.6 is 0 Å². The average molecular weight is 226 g/mol. The first-order valence-electron chi connectivity index (χ1n) is 6.61. The van der Waals surface area contributed by atoms with Crippen molar-refractivity contribution >= 4 is 5.97 Å². The molecular formula is C13H22O3. The Labute approximate surface area is 97.2 Å². The van der Waals surface area contributed by atoms with Crippen molar-refractivity contribution in [3.63, 3.8) is 0 Å². The molecule has 92 valence electrons. The highest BCUT2D eigenvalue weighted by molar-refractivity contribution is 5.70. The van der Waals surface area contributed by atoms with Crippen molar-refractivity contribution in [3.8, 4) is 0 Å². The Morgan fingerprint density at radius 1 is 1.19 bits per heavy atom. The Kier molecular flexibility index (Phi) is 4.22. The molecule has 2 atom stereocenters. The van der Waals surface area contributed by atoms with Crippen LogP contribution in [0, 0.1) is 5.92 Å². The lowest BCUT2D eigenvalue weighted by molar-refractivity contribution is -0.160. The van der Waals surface area contributed by atoms with Gasteiger partial charge in [0.2, 0.25) is 0 Å². The van der Waals surface area contributed by atoms with Gasteiger partial charge < -0.3 is 9.84 Å². The van der Waals surface area contributed by atoms with Crippen LogP contribution in [0.2, 0.25) is 0 Å². The number of carbonyl (C=O) groups excluding carboxylic acids is 1. The van der Waals surface area contributed by atoms with Crippen molar-refractivity contribution in [2.24, 2.45) is 5.92 Å². The maximum atomic E-state index is 11.2. The highest BCUT2D eigenvalue weighted by Crippen LogP contribution is 2.29. The van der Waals surface area contributed by atoms with Crippen molar-refractivity contribution < 1.29 is 14.6 Å². The molecule has 1 unspecified atom stereocenters. The molecule has 2 rings (SSSR count). The largest absolute Gasteiger partial charge is 0.462 e. The Balaban J connectivity index is 1.70. The minimum atomic E-state index is -0.474. The fourth-order valence-electron chi connectivity index (χ4n) is 2.94. The van der Waals surface area contributed by atoms with Crippen LogP contribution in [-0.2, 0) is 9.53 Å². The first-order chi connectivity index (χ1) is 7.74. The second-order valence-electron chi connectivity index (χ2n) is 5.29. The van der Waals surface area contributed by atoms with Gasteiger partial charge in [-0.1, -0.05) is 32.1 Å². The third kappa shape index (κ3) is 3.48. The van der Waals surface area contributed by atoms with Gasteiger partial charge in [0.1, 0.15) is 6.10 Å². The van der Waals surface area contributed by atoms with E-state index >= 15 is 0 Å². The van der Waals surface area contributed by atoms with E-state index in [-0.39, 0.29) is 18.5 Å². The molecule has 1 aliphatic carbocycles. The van der Waals surface area contributed by atoms with Crippen LogP contribution in [0.25, 0.3) is 0 Å². The van der Waals surface area contributed by atoms with E-state index < -0.39 is 6.10 Å². The van der Waals surface area contributed by atoms with Gasteiger partial charge in [-0.15, -0.1) is 0 Å². The number of aliphatic hydroxyl groups excluding tert-OH is 1. The second kappa shape index (κ2) is 5.67. The summed E-state index contributed by atoms with van der Waals surface area (Å²) in [6.45, 7) is 0. The molecule has 0 amide bonds. The highest BCUT2D eigenvalue weighted by atomic mass is 16.5. The van der Waals surface area contributed by atoms with Gasteiger partial charge in [-0.05, 0) is 18.8 Å². The molecule has 1 saturated carbocycles. The van der Waals surface area contributed by atoms with Gasteiger partial charge in [-0.25, -0.2) is 0 Å². The first kappa shape index (κ1) is 11.9. The number of carbonyl (C=O) groups is 1. The molecule has 1 aliphatic heterocycles. The molecule has 1 saturated heterocycles. The molecule has 1 N–H and O–H groups in total. The molecule has 0 radical (unpaired) electrons. The third-order valence-electron chi connectivity index (χ3n) is 3.86. The van der Waals surface area contributed by atoms with Crippen molar-refractivity contribution in [2.75, 3.05) is 0 Å². The zero-order valence-electron chi connectivity index (χ0n) is 9.86.